The number of aryl methyl sites for hydroxylation is 1. The second-order valence-corrected chi connectivity index (χ2v) is 9.11. The largest absolute Gasteiger partial charge is 0.481 e. The molecule has 1 saturated heterocycles. The number of azide groups is 1. The Balaban J connectivity index is 0.000000352. The molecule has 2 rings (SSSR count). The Morgan fingerprint density at radius 2 is 1.79 bits per heavy atom. The van der Waals surface area contributed by atoms with Gasteiger partial charge in [-0.1, -0.05) is 66.0 Å². The van der Waals surface area contributed by atoms with Gasteiger partial charge < -0.3 is 14.9 Å². The number of aliphatic hydroxyl groups is 1. The maximum Gasteiger partial charge on any atom is 0.330 e. The van der Waals surface area contributed by atoms with Crippen molar-refractivity contribution in [1.29, 1.82) is 0 Å². The van der Waals surface area contributed by atoms with Crippen molar-refractivity contribution < 1.29 is 19.7 Å². The van der Waals surface area contributed by atoms with Crippen LogP contribution in [-0.2, 0) is 9.53 Å². The van der Waals surface area contributed by atoms with E-state index in [1.165, 1.54) is 55.7 Å². The second-order valence-electron chi connectivity index (χ2n) is 8.31. The Morgan fingerprint density at radius 1 is 1.21 bits per heavy atom. The Hall–Kier alpha value is -2.14. The van der Waals surface area contributed by atoms with E-state index in [2.05, 4.69) is 30.9 Å². The first-order valence-corrected chi connectivity index (χ1v) is 12.9. The molecule has 0 spiro atoms. The molecule has 0 aromatic carbocycles. The van der Waals surface area contributed by atoms with Crippen LogP contribution in [-0.4, -0.2) is 49.8 Å². The molecule has 1 aromatic rings. The highest BCUT2D eigenvalue weighted by Gasteiger charge is 2.35. The lowest BCUT2D eigenvalue weighted by molar-refractivity contribution is -0.137. The molecule has 0 amide bonds. The van der Waals surface area contributed by atoms with Crippen molar-refractivity contribution in [2.45, 2.75) is 95.9 Å². The minimum absolute atomic E-state index is 0.265. The van der Waals surface area contributed by atoms with Gasteiger partial charge in [-0.2, -0.15) is 0 Å². The van der Waals surface area contributed by atoms with Crippen molar-refractivity contribution in [1.82, 2.24) is 9.55 Å². The highest BCUT2D eigenvalue weighted by molar-refractivity contribution is 9.09. The minimum atomic E-state index is -0.671. The minimum Gasteiger partial charge on any atom is -0.481 e. The maximum atomic E-state index is 11.7. The van der Waals surface area contributed by atoms with Crippen LogP contribution in [0.1, 0.15) is 82.4 Å². The molecule has 0 unspecified atom stereocenters. The summed E-state index contributed by atoms with van der Waals surface area (Å²) in [6.45, 7) is 1.26. The van der Waals surface area contributed by atoms with Crippen molar-refractivity contribution in [3.05, 3.63) is 43.0 Å². The average Bonchev–Trinajstić information content (AvgIpc) is 3.20. The van der Waals surface area contributed by atoms with E-state index < -0.39 is 35.6 Å². The van der Waals surface area contributed by atoms with Crippen molar-refractivity contribution in [2.75, 3.05) is 11.9 Å². The fourth-order valence-corrected chi connectivity index (χ4v) is 4.04. The number of ether oxygens (including phenoxy) is 1. The van der Waals surface area contributed by atoms with E-state index >= 15 is 0 Å². The molecule has 0 radical (unpaired) electrons. The normalized spacial score (nSPS) is 19.2. The number of halogens is 1. The summed E-state index contributed by atoms with van der Waals surface area (Å²) < 4.78 is 6.69. The number of carbonyl (C=O) groups is 1. The number of aromatic nitrogens is 2. The third kappa shape index (κ3) is 11.3. The smallest absolute Gasteiger partial charge is 0.330 e. The van der Waals surface area contributed by atoms with Crippen LogP contribution >= 0.6 is 15.9 Å². The molecule has 3 atom stereocenters. The first-order valence-electron chi connectivity index (χ1n) is 11.7. The summed E-state index contributed by atoms with van der Waals surface area (Å²) in [7, 11) is 0. The molecule has 34 heavy (non-hydrogen) atoms. The molecule has 1 fully saturated rings. The standard InChI is InChI=1S/C12H23BrO2.C10H13N5O4/c13-11-9-7-5-3-1-2-4-6-8-10-12(14)15;1-5-3-15(10(18)12-9(5)17)8-2-6(13-14-11)7(4-16)19-8/h1-11H2,(H,14,15);3,6-8,16H,2,4H2,1H3,(H,12,17,18)/t;6-,7+,8+/m.0/s1. The van der Waals surface area contributed by atoms with Gasteiger partial charge in [0, 0.05) is 34.8 Å². The van der Waals surface area contributed by atoms with E-state index in [0.29, 0.717) is 12.0 Å². The summed E-state index contributed by atoms with van der Waals surface area (Å²) in [5.74, 6) is -0.662. The maximum absolute atomic E-state index is 11.7. The second kappa shape index (κ2) is 17.3. The summed E-state index contributed by atoms with van der Waals surface area (Å²) in [4.78, 5) is 38.1. The van der Waals surface area contributed by atoms with Crippen LogP contribution < -0.4 is 11.2 Å². The van der Waals surface area contributed by atoms with Crippen molar-refractivity contribution >= 4 is 21.9 Å². The van der Waals surface area contributed by atoms with Crippen molar-refractivity contribution in [3.8, 4) is 0 Å². The fraction of sp³-hybridized carbons (Fsp3) is 0.773. The van der Waals surface area contributed by atoms with Crippen molar-refractivity contribution in [3.63, 3.8) is 0 Å². The highest BCUT2D eigenvalue weighted by Crippen LogP contribution is 2.29. The number of aliphatic carboxylic acids is 1. The van der Waals surface area contributed by atoms with Gasteiger partial charge >= 0.3 is 11.7 Å². The number of aliphatic hydroxyl groups excluding tert-OH is 1. The number of H-pyrrole nitrogens is 1. The molecule has 0 aliphatic carbocycles. The number of unbranched alkanes of at least 4 members (excludes halogenated alkanes) is 8. The van der Waals surface area contributed by atoms with Gasteiger partial charge in [-0.15, -0.1) is 0 Å². The summed E-state index contributed by atoms with van der Waals surface area (Å²) in [6, 6.07) is -0.542. The van der Waals surface area contributed by atoms with E-state index in [0.717, 1.165) is 18.2 Å². The first kappa shape index (κ1) is 29.9. The Morgan fingerprint density at radius 3 is 2.32 bits per heavy atom. The Kier molecular flexibility index (Phi) is 15.2. The van der Waals surface area contributed by atoms with E-state index in [1.807, 2.05) is 0 Å². The average molecular weight is 546 g/mol. The quantitative estimate of drug-likeness (QED) is 0.104. The molecule has 11 nitrogen and oxygen atoms in total. The Bertz CT molecular complexity index is 899. The molecule has 1 aliphatic heterocycles. The predicted molar refractivity (Wildman–Crippen MR) is 132 cm³/mol. The van der Waals surface area contributed by atoms with Gasteiger partial charge in [0.15, 0.2) is 0 Å². The number of hydrogen-bond donors (Lipinski definition) is 3. The molecule has 2 heterocycles. The van der Waals surface area contributed by atoms with Gasteiger partial charge in [0.25, 0.3) is 5.56 Å². The lowest BCUT2D eigenvalue weighted by atomic mass is 10.1. The number of alkyl halides is 1. The van der Waals surface area contributed by atoms with Crippen LogP contribution in [0, 0.1) is 6.92 Å². The first-order chi connectivity index (χ1) is 16.3. The zero-order valence-electron chi connectivity index (χ0n) is 19.7. The monoisotopic (exact) mass is 545 g/mol. The zero-order valence-corrected chi connectivity index (χ0v) is 21.3. The lowest BCUT2D eigenvalue weighted by Gasteiger charge is -2.14. The number of aromatic amines is 1. The molecular formula is C22H36BrN5O6. The van der Waals surface area contributed by atoms with Crippen molar-refractivity contribution in [2.24, 2.45) is 5.11 Å². The molecule has 3 N–H and O–H groups in total. The molecule has 1 aliphatic rings. The lowest BCUT2D eigenvalue weighted by Crippen LogP contribution is -2.33. The molecule has 192 valence electrons. The summed E-state index contributed by atoms with van der Waals surface area (Å²) in [5.41, 5.74) is 7.76. The van der Waals surface area contributed by atoms with Crippen LogP contribution in [0.2, 0.25) is 0 Å². The van der Waals surface area contributed by atoms with E-state index in [4.69, 9.17) is 20.5 Å². The van der Waals surface area contributed by atoms with Gasteiger partial charge in [-0.3, -0.25) is 19.1 Å². The van der Waals surface area contributed by atoms with E-state index in [9.17, 15) is 14.4 Å². The summed E-state index contributed by atoms with van der Waals surface area (Å²) >= 11 is 3.42. The number of nitrogens with one attached hydrogen (secondary N) is 1. The van der Waals surface area contributed by atoms with Crippen LogP contribution in [0.15, 0.2) is 20.9 Å². The highest BCUT2D eigenvalue weighted by atomic mass is 79.9. The van der Waals surface area contributed by atoms with Gasteiger partial charge in [0.1, 0.15) is 6.23 Å². The third-order valence-corrected chi connectivity index (χ3v) is 6.13. The van der Waals surface area contributed by atoms with Crippen LogP contribution in [0.5, 0.6) is 0 Å². The SMILES string of the molecule is Cc1cn([C@H]2C[C@H](N=[N+]=[N-])[C@@H](CO)O2)c(=O)[nH]c1=O.O=C(O)CCCCCCCCCCCBr. The number of nitrogens with zero attached hydrogens (tertiary/aromatic N) is 4. The third-order valence-electron chi connectivity index (χ3n) is 5.56. The summed E-state index contributed by atoms with van der Waals surface area (Å²) in [6.07, 6.45) is 11.7. The molecule has 1 aromatic heterocycles. The van der Waals surface area contributed by atoms with Crippen LogP contribution in [0.25, 0.3) is 10.4 Å². The predicted octanol–water partition coefficient (Wildman–Crippen LogP) is 4.17. The number of carboxylic acid groups (broad SMARTS) is 1. The molecule has 0 bridgehead atoms. The van der Waals surface area contributed by atoms with Gasteiger partial charge in [-0.25, -0.2) is 4.79 Å². The molecule has 0 saturated carbocycles. The van der Waals surface area contributed by atoms with E-state index in [-0.39, 0.29) is 13.0 Å². The topological polar surface area (TPSA) is 170 Å². The summed E-state index contributed by atoms with van der Waals surface area (Å²) in [5, 5.41) is 22.2. The van der Waals surface area contributed by atoms with E-state index in [1.54, 1.807) is 6.92 Å². The Labute approximate surface area is 207 Å². The molecule has 12 heteroatoms. The van der Waals surface area contributed by atoms with Gasteiger partial charge in [0.2, 0.25) is 0 Å². The molecular weight excluding hydrogens is 510 g/mol. The number of carboxylic acids is 1. The van der Waals surface area contributed by atoms with Gasteiger partial charge in [-0.05, 0) is 25.3 Å². The van der Waals surface area contributed by atoms with Gasteiger partial charge in [0.05, 0.1) is 18.8 Å². The zero-order chi connectivity index (χ0) is 25.3. The number of hydrogen-bond acceptors (Lipinski definition) is 6. The van der Waals surface area contributed by atoms with Crippen LogP contribution in [0.3, 0.4) is 0 Å². The van der Waals surface area contributed by atoms with Crippen LogP contribution in [0.4, 0.5) is 0 Å². The number of rotatable bonds is 14. The fourth-order valence-electron chi connectivity index (χ4n) is 3.65.